The molecule has 3 unspecified atom stereocenters. The molecule has 0 bridgehead atoms. The molecular weight excluding hydrogens is 410 g/mol. The lowest BCUT2D eigenvalue weighted by Gasteiger charge is -2.23. The second-order valence-electron chi connectivity index (χ2n) is 6.86. The van der Waals surface area contributed by atoms with Gasteiger partial charge in [0.15, 0.2) is 11.3 Å². The molecule has 1 aliphatic rings. The average molecular weight is 436 g/mol. The van der Waals surface area contributed by atoms with Crippen LogP contribution in [0.1, 0.15) is 6.92 Å². The van der Waals surface area contributed by atoms with E-state index in [0.29, 0.717) is 10.8 Å². The van der Waals surface area contributed by atoms with Gasteiger partial charge in [-0.3, -0.25) is 10.5 Å². The third-order valence-corrected chi connectivity index (χ3v) is 5.41. The number of nitrogens with two attached hydrogens (primary N) is 1. The molecule has 1 amide bonds. The van der Waals surface area contributed by atoms with E-state index in [1.807, 2.05) is 42.5 Å². The summed E-state index contributed by atoms with van der Waals surface area (Å²) in [5.74, 6) is 0.538. The minimum atomic E-state index is -0.545. The van der Waals surface area contributed by atoms with Crippen LogP contribution in [0.2, 0.25) is 0 Å². The van der Waals surface area contributed by atoms with Crippen molar-refractivity contribution >= 4 is 17.2 Å². The highest BCUT2D eigenvalue weighted by Crippen LogP contribution is 2.33. The predicted octanol–water partition coefficient (Wildman–Crippen LogP) is 4.15. The molecular formula is C24H25N3O3S. The van der Waals surface area contributed by atoms with E-state index in [-0.39, 0.29) is 18.1 Å². The molecule has 7 heteroatoms. The van der Waals surface area contributed by atoms with Crippen molar-refractivity contribution in [2.75, 3.05) is 0 Å². The lowest BCUT2D eigenvalue weighted by atomic mass is 9.95. The molecule has 0 saturated carbocycles. The normalized spacial score (nSPS) is 17.3. The topological polar surface area (TPSA) is 86.5 Å². The van der Waals surface area contributed by atoms with E-state index in [4.69, 9.17) is 15.2 Å². The fourth-order valence-corrected chi connectivity index (χ4v) is 3.73. The van der Waals surface area contributed by atoms with Crippen LogP contribution in [0.4, 0.5) is 0 Å². The van der Waals surface area contributed by atoms with E-state index in [0.717, 1.165) is 21.7 Å². The summed E-state index contributed by atoms with van der Waals surface area (Å²) < 4.78 is 11.6. The predicted molar refractivity (Wildman–Crippen MR) is 125 cm³/mol. The van der Waals surface area contributed by atoms with Crippen molar-refractivity contribution in [1.82, 2.24) is 10.3 Å². The lowest BCUT2D eigenvalue weighted by molar-refractivity contribution is -0.119. The maximum atomic E-state index is 11.4. The Morgan fingerprint density at radius 2 is 2.03 bits per heavy atom. The van der Waals surface area contributed by atoms with Crippen molar-refractivity contribution in [3.8, 4) is 21.4 Å². The molecule has 2 aromatic rings. The number of ether oxygens (including phenoxy) is 2. The maximum absolute atomic E-state index is 11.4. The van der Waals surface area contributed by atoms with E-state index < -0.39 is 6.23 Å². The zero-order chi connectivity index (χ0) is 22.4. The minimum Gasteiger partial charge on any atom is -0.472 e. The highest BCUT2D eigenvalue weighted by molar-refractivity contribution is 7.16. The summed E-state index contributed by atoms with van der Waals surface area (Å²) in [6.45, 7) is 13.0. The summed E-state index contributed by atoms with van der Waals surface area (Å²) in [6.07, 6.45) is 9.78. The largest absolute Gasteiger partial charge is 0.472 e. The molecule has 0 spiro atoms. The molecule has 160 valence electrons. The number of carbonyl (C=O) groups excluding carboxylic acids is 1. The number of amides is 1. The van der Waals surface area contributed by atoms with Crippen molar-refractivity contribution in [2.45, 2.75) is 25.3 Å². The summed E-state index contributed by atoms with van der Waals surface area (Å²) in [4.78, 5) is 15.8. The van der Waals surface area contributed by atoms with Crippen LogP contribution >= 0.6 is 11.3 Å². The third-order valence-electron chi connectivity index (χ3n) is 4.47. The van der Waals surface area contributed by atoms with Gasteiger partial charge in [0.1, 0.15) is 16.9 Å². The van der Waals surface area contributed by atoms with E-state index in [1.165, 1.54) is 24.3 Å². The van der Waals surface area contributed by atoms with Crippen molar-refractivity contribution in [2.24, 2.45) is 5.73 Å². The van der Waals surface area contributed by atoms with Gasteiger partial charge in [0.25, 0.3) is 0 Å². The first-order valence-corrected chi connectivity index (χ1v) is 10.5. The molecule has 6 nitrogen and oxygen atoms in total. The number of nitrogens with zero attached hydrogens (tertiary/aromatic N) is 1. The highest BCUT2D eigenvalue weighted by atomic mass is 32.1. The number of hydrogen-bond acceptors (Lipinski definition) is 6. The Morgan fingerprint density at radius 3 is 2.65 bits per heavy atom. The van der Waals surface area contributed by atoms with Crippen LogP contribution in [0, 0.1) is 0 Å². The molecule has 0 radical (unpaired) electrons. The maximum Gasteiger partial charge on any atom is 0.217 e. The highest BCUT2D eigenvalue weighted by Gasteiger charge is 2.19. The standard InChI is InChI=1S/C24H25N3O3S/c1-5-20(27-16(4)28)18-9-12-21(15(3)13-18)30-23-14-26-24(31-23)17-7-10-19(11-8-17)29-22(25)6-2/h5-14,20-22H,1-3,25H2,4H3,(H,27,28). The first kappa shape index (κ1) is 22.3. The Kier molecular flexibility index (Phi) is 7.23. The van der Waals surface area contributed by atoms with Crippen LogP contribution in [-0.2, 0) is 4.79 Å². The fraction of sp³-hybridized carbons (Fsp3) is 0.167. The van der Waals surface area contributed by atoms with Gasteiger partial charge in [0, 0.05) is 12.5 Å². The van der Waals surface area contributed by atoms with Gasteiger partial charge in [-0.1, -0.05) is 36.6 Å². The Labute approximate surface area is 186 Å². The van der Waals surface area contributed by atoms with E-state index >= 15 is 0 Å². The number of carbonyl (C=O) groups is 1. The van der Waals surface area contributed by atoms with Crippen molar-refractivity contribution in [3.63, 3.8) is 0 Å². The molecule has 1 heterocycles. The summed E-state index contributed by atoms with van der Waals surface area (Å²) >= 11 is 1.44. The molecule has 3 N–H and O–H groups in total. The summed E-state index contributed by atoms with van der Waals surface area (Å²) in [5.41, 5.74) is 8.34. The number of hydrogen-bond donors (Lipinski definition) is 2. The molecule has 1 aliphatic carbocycles. The quantitative estimate of drug-likeness (QED) is 0.456. The second kappa shape index (κ2) is 10.1. The van der Waals surface area contributed by atoms with Gasteiger partial charge in [-0.25, -0.2) is 4.98 Å². The minimum absolute atomic E-state index is 0.122. The van der Waals surface area contributed by atoms with Gasteiger partial charge in [0.05, 0.1) is 12.2 Å². The van der Waals surface area contributed by atoms with Crippen LogP contribution in [0.3, 0.4) is 0 Å². The van der Waals surface area contributed by atoms with Crippen LogP contribution < -0.4 is 20.5 Å². The number of thiazole rings is 1. The summed E-state index contributed by atoms with van der Waals surface area (Å²) in [6, 6.07) is 7.24. The molecule has 0 saturated heterocycles. The molecule has 1 aromatic carbocycles. The first-order chi connectivity index (χ1) is 14.9. The molecule has 1 aromatic heterocycles. The summed E-state index contributed by atoms with van der Waals surface area (Å²) in [7, 11) is 0. The van der Waals surface area contributed by atoms with Crippen molar-refractivity contribution < 1.29 is 14.3 Å². The SMILES string of the molecule is C=CC(N)Oc1ccc(-c2ncc(OC3C=CC(C(C=C)NC(C)=O)=CC3=C)s2)cc1. The first-order valence-electron chi connectivity index (χ1n) is 9.65. The summed E-state index contributed by atoms with van der Waals surface area (Å²) in [5, 5.41) is 4.34. The van der Waals surface area contributed by atoms with Crippen molar-refractivity contribution in [3.05, 3.63) is 91.7 Å². The Hall–Kier alpha value is -3.42. The van der Waals surface area contributed by atoms with E-state index in [9.17, 15) is 4.79 Å². The van der Waals surface area contributed by atoms with Crippen LogP contribution in [0.5, 0.6) is 10.8 Å². The van der Waals surface area contributed by atoms with E-state index in [2.05, 4.69) is 30.0 Å². The lowest BCUT2D eigenvalue weighted by Crippen LogP contribution is -2.33. The van der Waals surface area contributed by atoms with Crippen LogP contribution in [0.25, 0.3) is 10.6 Å². The number of benzene rings is 1. The van der Waals surface area contributed by atoms with Gasteiger partial charge in [-0.15, -0.1) is 6.58 Å². The fourth-order valence-electron chi connectivity index (χ4n) is 2.93. The van der Waals surface area contributed by atoms with Gasteiger partial charge in [-0.05, 0) is 53.6 Å². The molecule has 0 aliphatic heterocycles. The Balaban J connectivity index is 1.64. The van der Waals surface area contributed by atoms with E-state index in [1.54, 1.807) is 12.3 Å². The zero-order valence-electron chi connectivity index (χ0n) is 17.3. The molecule has 31 heavy (non-hydrogen) atoms. The molecule has 3 atom stereocenters. The van der Waals surface area contributed by atoms with Crippen LogP contribution in [-0.4, -0.2) is 29.3 Å². The average Bonchev–Trinajstić information content (AvgIpc) is 3.22. The Bertz CT molecular complexity index is 1040. The smallest absolute Gasteiger partial charge is 0.217 e. The molecule has 3 rings (SSSR count). The monoisotopic (exact) mass is 435 g/mol. The van der Waals surface area contributed by atoms with Crippen LogP contribution in [0.15, 0.2) is 91.7 Å². The third kappa shape index (κ3) is 5.81. The van der Waals surface area contributed by atoms with Gasteiger partial charge in [-0.2, -0.15) is 0 Å². The Morgan fingerprint density at radius 1 is 1.29 bits per heavy atom. The zero-order valence-corrected chi connectivity index (χ0v) is 18.1. The number of rotatable bonds is 9. The second-order valence-corrected chi connectivity index (χ2v) is 7.85. The van der Waals surface area contributed by atoms with Gasteiger partial charge in [0.2, 0.25) is 5.91 Å². The van der Waals surface area contributed by atoms with Gasteiger partial charge >= 0.3 is 0 Å². The van der Waals surface area contributed by atoms with Gasteiger partial charge < -0.3 is 14.8 Å². The number of aromatic nitrogens is 1. The van der Waals surface area contributed by atoms with Crippen molar-refractivity contribution in [1.29, 1.82) is 0 Å². The molecule has 0 fully saturated rings. The number of nitrogens with one attached hydrogen (secondary N) is 1.